The highest BCUT2D eigenvalue weighted by atomic mass is 79.9. The maximum Gasteiger partial charge on any atom is 0.251 e. The van der Waals surface area contributed by atoms with Crippen LogP contribution in [0, 0.1) is 11.6 Å². The molecule has 1 N–H and O–H groups in total. The van der Waals surface area contributed by atoms with E-state index in [2.05, 4.69) is 31.0 Å². The molecule has 0 atom stereocenters. The third-order valence-electron chi connectivity index (χ3n) is 5.01. The molecule has 0 bridgehead atoms. The molecular weight excluding hydrogens is 515 g/mol. The first kappa shape index (κ1) is 27.6. The van der Waals surface area contributed by atoms with Gasteiger partial charge in [-0.3, -0.25) is 14.6 Å². The number of amides is 1. The van der Waals surface area contributed by atoms with Gasteiger partial charge in [0.25, 0.3) is 5.91 Å². The zero-order valence-corrected chi connectivity index (χ0v) is 20.3. The van der Waals surface area contributed by atoms with Crippen LogP contribution < -0.4 is 10.1 Å². The van der Waals surface area contributed by atoms with E-state index < -0.39 is 17.5 Å². The summed E-state index contributed by atoms with van der Waals surface area (Å²) in [5, 5.41) is 2.76. The van der Waals surface area contributed by atoms with Gasteiger partial charge >= 0.3 is 0 Å². The molecule has 0 aromatic heterocycles. The topological polar surface area (TPSA) is 44.8 Å². The Hall–Kier alpha value is -1.45. The molecule has 31 heavy (non-hydrogen) atoms. The Balaban J connectivity index is 0.00000240. The van der Waals surface area contributed by atoms with Crippen molar-refractivity contribution in [3.05, 3.63) is 63.6 Å². The predicted octanol–water partition coefficient (Wildman–Crippen LogP) is 4.13. The molecular formula is C21H26BrCl2F2N3O2. The van der Waals surface area contributed by atoms with Crippen molar-refractivity contribution in [2.75, 3.05) is 46.4 Å². The lowest BCUT2D eigenvalue weighted by molar-refractivity contribution is 0.0933. The molecule has 1 aliphatic rings. The third-order valence-corrected chi connectivity index (χ3v) is 5.78. The summed E-state index contributed by atoms with van der Waals surface area (Å²) >= 11 is 3.60. The molecule has 1 saturated heterocycles. The molecule has 3 rings (SSSR count). The predicted molar refractivity (Wildman–Crippen MR) is 126 cm³/mol. The maximum atomic E-state index is 13.2. The van der Waals surface area contributed by atoms with E-state index in [1.165, 1.54) is 11.6 Å². The van der Waals surface area contributed by atoms with E-state index in [-0.39, 0.29) is 30.4 Å². The number of benzene rings is 2. The molecule has 172 valence electrons. The van der Waals surface area contributed by atoms with Gasteiger partial charge in [-0.25, -0.2) is 8.78 Å². The minimum Gasteiger partial charge on any atom is -0.497 e. The van der Waals surface area contributed by atoms with Crippen LogP contribution in [-0.4, -0.2) is 62.1 Å². The number of nitrogens with one attached hydrogen (secondary N) is 1. The minimum absolute atomic E-state index is 0. The number of hydrogen-bond donors (Lipinski definition) is 1. The number of carbonyl (C=O) groups is 1. The lowest BCUT2D eigenvalue weighted by atomic mass is 10.2. The summed E-state index contributed by atoms with van der Waals surface area (Å²) in [4.78, 5) is 16.7. The molecule has 10 heteroatoms. The summed E-state index contributed by atoms with van der Waals surface area (Å²) in [5.41, 5.74) is 1.31. The summed E-state index contributed by atoms with van der Waals surface area (Å²) in [5.74, 6) is -1.53. The van der Waals surface area contributed by atoms with E-state index in [0.717, 1.165) is 55.1 Å². The minimum atomic E-state index is -1.02. The van der Waals surface area contributed by atoms with Gasteiger partial charge < -0.3 is 10.1 Å². The van der Waals surface area contributed by atoms with E-state index in [0.29, 0.717) is 13.1 Å². The van der Waals surface area contributed by atoms with Gasteiger partial charge in [0.15, 0.2) is 11.6 Å². The second-order valence-corrected chi connectivity index (χ2v) is 7.81. The lowest BCUT2D eigenvalue weighted by Gasteiger charge is -2.34. The van der Waals surface area contributed by atoms with Crippen LogP contribution in [0.3, 0.4) is 0 Å². The van der Waals surface area contributed by atoms with Crippen molar-refractivity contribution in [2.45, 2.75) is 6.54 Å². The highest BCUT2D eigenvalue weighted by molar-refractivity contribution is 9.10. The van der Waals surface area contributed by atoms with Crippen LogP contribution in [0.5, 0.6) is 5.75 Å². The number of methoxy groups -OCH3 is 1. The molecule has 2 aromatic rings. The Labute approximate surface area is 202 Å². The van der Waals surface area contributed by atoms with Crippen molar-refractivity contribution in [3.8, 4) is 5.75 Å². The number of nitrogens with zero attached hydrogens (tertiary/aromatic N) is 2. The molecule has 0 saturated carbocycles. The smallest absolute Gasteiger partial charge is 0.251 e. The molecule has 0 spiro atoms. The second-order valence-electron chi connectivity index (χ2n) is 6.96. The van der Waals surface area contributed by atoms with Gasteiger partial charge in [0, 0.05) is 55.8 Å². The average Bonchev–Trinajstić information content (AvgIpc) is 2.72. The Morgan fingerprint density at radius 3 is 2.35 bits per heavy atom. The van der Waals surface area contributed by atoms with Crippen molar-refractivity contribution in [2.24, 2.45) is 0 Å². The van der Waals surface area contributed by atoms with Crippen LogP contribution in [0.1, 0.15) is 15.9 Å². The average molecular weight is 541 g/mol. The number of rotatable bonds is 7. The van der Waals surface area contributed by atoms with Gasteiger partial charge in [0.05, 0.1) is 7.11 Å². The van der Waals surface area contributed by atoms with Gasteiger partial charge in [-0.1, -0.05) is 15.9 Å². The molecule has 1 fully saturated rings. The third kappa shape index (κ3) is 7.88. The molecule has 2 aromatic carbocycles. The first-order valence-electron chi connectivity index (χ1n) is 9.46. The van der Waals surface area contributed by atoms with Gasteiger partial charge in [-0.2, -0.15) is 0 Å². The van der Waals surface area contributed by atoms with E-state index in [1.54, 1.807) is 7.11 Å². The summed E-state index contributed by atoms with van der Waals surface area (Å²) < 4.78 is 32.6. The normalized spacial score (nSPS) is 14.3. The summed E-state index contributed by atoms with van der Waals surface area (Å²) in [6.45, 7) is 5.69. The molecule has 0 radical (unpaired) electrons. The SMILES string of the molecule is COc1ccc(Br)c(CN2CCN(CCNC(=O)c3ccc(F)c(F)c3)CC2)c1.Cl.Cl. The van der Waals surface area contributed by atoms with E-state index in [1.807, 2.05) is 18.2 Å². The number of ether oxygens (including phenoxy) is 1. The highest BCUT2D eigenvalue weighted by Gasteiger charge is 2.18. The van der Waals surface area contributed by atoms with Crippen molar-refractivity contribution in [3.63, 3.8) is 0 Å². The van der Waals surface area contributed by atoms with Gasteiger partial charge in [0.2, 0.25) is 0 Å². The lowest BCUT2D eigenvalue weighted by Crippen LogP contribution is -2.48. The molecule has 0 aliphatic carbocycles. The van der Waals surface area contributed by atoms with Crippen LogP contribution in [0.2, 0.25) is 0 Å². The monoisotopic (exact) mass is 539 g/mol. The standard InChI is InChI=1S/C21H24BrF2N3O2.2ClH/c1-29-17-3-4-18(22)16(12-17)14-27-10-8-26(9-11-27)7-6-25-21(28)15-2-5-19(23)20(24)13-15;;/h2-5,12-13H,6-11,14H2,1H3,(H,25,28);2*1H. The van der Waals surface area contributed by atoms with E-state index in [9.17, 15) is 13.6 Å². The Bertz CT molecular complexity index is 869. The molecule has 1 heterocycles. The Kier molecular flexibility index (Phi) is 11.7. The molecule has 1 aliphatic heterocycles. The fourth-order valence-corrected chi connectivity index (χ4v) is 3.65. The van der Waals surface area contributed by atoms with Crippen LogP contribution in [0.4, 0.5) is 8.78 Å². The van der Waals surface area contributed by atoms with Crippen LogP contribution in [0.25, 0.3) is 0 Å². The fourth-order valence-electron chi connectivity index (χ4n) is 3.28. The Morgan fingerprint density at radius 2 is 1.71 bits per heavy atom. The van der Waals surface area contributed by atoms with Gasteiger partial charge in [0.1, 0.15) is 5.75 Å². The number of carbonyl (C=O) groups excluding carboxylic acids is 1. The first-order chi connectivity index (χ1) is 14.0. The fraction of sp³-hybridized carbons (Fsp3) is 0.381. The summed E-state index contributed by atoms with van der Waals surface area (Å²) in [7, 11) is 1.66. The highest BCUT2D eigenvalue weighted by Crippen LogP contribution is 2.24. The largest absolute Gasteiger partial charge is 0.497 e. The van der Waals surface area contributed by atoms with Crippen LogP contribution >= 0.6 is 40.7 Å². The Morgan fingerprint density at radius 1 is 1.03 bits per heavy atom. The second kappa shape index (κ2) is 13.2. The zero-order valence-electron chi connectivity index (χ0n) is 17.1. The molecule has 5 nitrogen and oxygen atoms in total. The maximum absolute atomic E-state index is 13.2. The van der Waals surface area contributed by atoms with Gasteiger partial charge in [-0.05, 0) is 42.0 Å². The quantitative estimate of drug-likeness (QED) is 0.573. The van der Waals surface area contributed by atoms with E-state index in [4.69, 9.17) is 4.74 Å². The van der Waals surface area contributed by atoms with Crippen LogP contribution in [-0.2, 0) is 6.54 Å². The van der Waals surface area contributed by atoms with Crippen LogP contribution in [0.15, 0.2) is 40.9 Å². The van der Waals surface area contributed by atoms with Crippen molar-refractivity contribution in [1.29, 1.82) is 0 Å². The molecule has 0 unspecified atom stereocenters. The number of piperazine rings is 1. The van der Waals surface area contributed by atoms with Gasteiger partial charge in [-0.15, -0.1) is 24.8 Å². The number of halogens is 5. The van der Waals surface area contributed by atoms with E-state index >= 15 is 0 Å². The zero-order chi connectivity index (χ0) is 20.8. The summed E-state index contributed by atoms with van der Waals surface area (Å²) in [6, 6.07) is 9.14. The first-order valence-corrected chi connectivity index (χ1v) is 10.3. The van der Waals surface area contributed by atoms with Crippen molar-refractivity contribution in [1.82, 2.24) is 15.1 Å². The summed E-state index contributed by atoms with van der Waals surface area (Å²) in [6.07, 6.45) is 0. The van der Waals surface area contributed by atoms with Crippen molar-refractivity contribution >= 4 is 46.7 Å². The number of hydrogen-bond acceptors (Lipinski definition) is 4. The molecule has 1 amide bonds. The van der Waals surface area contributed by atoms with Crippen molar-refractivity contribution < 1.29 is 18.3 Å².